The van der Waals surface area contributed by atoms with Gasteiger partial charge in [0.2, 0.25) is 0 Å². The number of hydrogen-bond donors (Lipinski definition) is 1. The fraction of sp³-hybridized carbons (Fsp3) is 0.345. The number of carbonyl (C=O) groups excluding carboxylic acids is 1. The summed E-state index contributed by atoms with van der Waals surface area (Å²) in [5.74, 6) is -3.27. The van der Waals surface area contributed by atoms with Gasteiger partial charge in [-0.3, -0.25) is 0 Å². The van der Waals surface area contributed by atoms with Crippen LogP contribution >= 0.6 is 0 Å². The predicted octanol–water partition coefficient (Wildman–Crippen LogP) is 6.72. The van der Waals surface area contributed by atoms with Crippen molar-refractivity contribution in [2.75, 3.05) is 6.61 Å². The van der Waals surface area contributed by atoms with E-state index in [9.17, 15) is 14.3 Å². The molecule has 7 heteroatoms. The third-order valence-electron chi connectivity index (χ3n) is 7.30. The SMILES string of the molecule is CC(O)C1CCC(c2ccc(-c3ccc(C(=O)Oc4ccc(C5CO5)cc4F)cc3)c(F)c2F)CC1. The average Bonchev–Trinajstić information content (AvgIpc) is 3.73. The molecule has 3 aromatic carbocycles. The van der Waals surface area contributed by atoms with Crippen LogP contribution in [0, 0.1) is 23.4 Å². The molecular formula is C29H27F3O4. The largest absolute Gasteiger partial charge is 0.420 e. The van der Waals surface area contributed by atoms with Crippen LogP contribution in [0.3, 0.4) is 0 Å². The van der Waals surface area contributed by atoms with Crippen molar-refractivity contribution in [1.82, 2.24) is 0 Å². The molecule has 0 amide bonds. The second-order valence-corrected chi connectivity index (χ2v) is 9.66. The number of benzene rings is 3. The summed E-state index contributed by atoms with van der Waals surface area (Å²) in [6.45, 7) is 2.31. The summed E-state index contributed by atoms with van der Waals surface area (Å²) in [4.78, 5) is 12.5. The van der Waals surface area contributed by atoms with Crippen molar-refractivity contribution in [2.24, 2.45) is 5.92 Å². The maximum Gasteiger partial charge on any atom is 0.343 e. The van der Waals surface area contributed by atoms with Crippen LogP contribution in [0.15, 0.2) is 54.6 Å². The molecule has 36 heavy (non-hydrogen) atoms. The second-order valence-electron chi connectivity index (χ2n) is 9.66. The number of aliphatic hydroxyl groups excluding tert-OH is 1. The first-order valence-electron chi connectivity index (χ1n) is 12.2. The van der Waals surface area contributed by atoms with Gasteiger partial charge in [-0.2, -0.15) is 0 Å². The van der Waals surface area contributed by atoms with Gasteiger partial charge in [0.05, 0.1) is 18.3 Å². The molecule has 4 nitrogen and oxygen atoms in total. The molecule has 0 spiro atoms. The first kappa shape index (κ1) is 24.5. The van der Waals surface area contributed by atoms with E-state index >= 15 is 8.78 Å². The summed E-state index contributed by atoms with van der Waals surface area (Å²) in [6.07, 6.45) is 2.48. The van der Waals surface area contributed by atoms with Crippen LogP contribution < -0.4 is 4.74 Å². The average molecular weight is 497 g/mol. The predicted molar refractivity (Wildman–Crippen MR) is 128 cm³/mol. The summed E-state index contributed by atoms with van der Waals surface area (Å²) in [7, 11) is 0. The summed E-state index contributed by atoms with van der Waals surface area (Å²) >= 11 is 0. The van der Waals surface area contributed by atoms with Crippen LogP contribution in [0.25, 0.3) is 11.1 Å². The molecule has 1 N–H and O–H groups in total. The van der Waals surface area contributed by atoms with E-state index in [4.69, 9.17) is 9.47 Å². The molecule has 2 unspecified atom stereocenters. The minimum Gasteiger partial charge on any atom is -0.420 e. The number of rotatable bonds is 6. The molecule has 2 aliphatic rings. The molecule has 1 saturated heterocycles. The number of epoxide rings is 1. The molecule has 2 atom stereocenters. The molecule has 1 aliphatic carbocycles. The summed E-state index contributed by atoms with van der Waals surface area (Å²) in [6, 6.07) is 13.4. The Morgan fingerprint density at radius 2 is 1.67 bits per heavy atom. The van der Waals surface area contributed by atoms with Crippen molar-refractivity contribution in [1.29, 1.82) is 0 Å². The van der Waals surface area contributed by atoms with Crippen molar-refractivity contribution in [3.8, 4) is 16.9 Å². The Hall–Kier alpha value is -3.16. The van der Waals surface area contributed by atoms with Crippen molar-refractivity contribution in [3.63, 3.8) is 0 Å². The smallest absolute Gasteiger partial charge is 0.343 e. The monoisotopic (exact) mass is 496 g/mol. The Balaban J connectivity index is 1.28. The van der Waals surface area contributed by atoms with Crippen molar-refractivity contribution in [3.05, 3.63) is 88.7 Å². The minimum absolute atomic E-state index is 0.0769. The first-order valence-corrected chi connectivity index (χ1v) is 12.2. The Morgan fingerprint density at radius 1 is 0.972 bits per heavy atom. The van der Waals surface area contributed by atoms with Crippen LogP contribution in [0.5, 0.6) is 5.75 Å². The molecular weight excluding hydrogens is 469 g/mol. The fourth-order valence-electron chi connectivity index (χ4n) is 5.00. The zero-order chi connectivity index (χ0) is 25.4. The molecule has 188 valence electrons. The Bertz CT molecular complexity index is 1260. The lowest BCUT2D eigenvalue weighted by molar-refractivity contribution is 0.0727. The lowest BCUT2D eigenvalue weighted by Crippen LogP contribution is -2.23. The van der Waals surface area contributed by atoms with Gasteiger partial charge in [-0.15, -0.1) is 0 Å². The molecule has 2 fully saturated rings. The third-order valence-corrected chi connectivity index (χ3v) is 7.30. The summed E-state index contributed by atoms with van der Waals surface area (Å²) in [5, 5.41) is 9.78. The maximum atomic E-state index is 15.0. The molecule has 3 aromatic rings. The summed E-state index contributed by atoms with van der Waals surface area (Å²) < 4.78 is 54.6. The van der Waals surface area contributed by atoms with Crippen molar-refractivity contribution in [2.45, 2.75) is 50.7 Å². The molecule has 1 aliphatic heterocycles. The fourth-order valence-corrected chi connectivity index (χ4v) is 5.00. The molecule has 0 radical (unpaired) electrons. The van der Waals surface area contributed by atoms with Crippen LogP contribution in [-0.2, 0) is 4.74 Å². The number of carbonyl (C=O) groups is 1. The number of aliphatic hydroxyl groups is 1. The second kappa shape index (κ2) is 10.1. The molecule has 0 aromatic heterocycles. The van der Waals surface area contributed by atoms with Gasteiger partial charge in [-0.1, -0.05) is 30.3 Å². The van der Waals surface area contributed by atoms with Gasteiger partial charge in [0.1, 0.15) is 6.10 Å². The van der Waals surface area contributed by atoms with E-state index in [2.05, 4.69) is 0 Å². The molecule has 0 bridgehead atoms. The van der Waals surface area contributed by atoms with Gasteiger partial charge < -0.3 is 14.6 Å². The zero-order valence-corrected chi connectivity index (χ0v) is 19.8. The first-order chi connectivity index (χ1) is 17.3. The highest BCUT2D eigenvalue weighted by Gasteiger charge is 2.29. The molecule has 1 heterocycles. The number of halogens is 3. The van der Waals surface area contributed by atoms with Crippen LogP contribution in [0.4, 0.5) is 13.2 Å². The zero-order valence-electron chi connectivity index (χ0n) is 19.8. The van der Waals surface area contributed by atoms with E-state index in [1.165, 1.54) is 36.4 Å². The number of hydrogen-bond acceptors (Lipinski definition) is 4. The van der Waals surface area contributed by atoms with Gasteiger partial charge in [0, 0.05) is 5.56 Å². The quantitative estimate of drug-likeness (QED) is 0.234. The van der Waals surface area contributed by atoms with Gasteiger partial charge >= 0.3 is 5.97 Å². The van der Waals surface area contributed by atoms with Gasteiger partial charge in [-0.05, 0) is 85.4 Å². The molecule has 1 saturated carbocycles. The Kier molecular flexibility index (Phi) is 6.86. The normalized spacial score (nSPS) is 22.2. The van der Waals surface area contributed by atoms with Crippen LogP contribution in [-0.4, -0.2) is 23.8 Å². The van der Waals surface area contributed by atoms with E-state index in [0.717, 1.165) is 12.8 Å². The van der Waals surface area contributed by atoms with E-state index in [1.807, 2.05) is 0 Å². The van der Waals surface area contributed by atoms with Crippen LogP contribution in [0.2, 0.25) is 0 Å². The van der Waals surface area contributed by atoms with E-state index in [-0.39, 0.29) is 34.8 Å². The van der Waals surface area contributed by atoms with E-state index < -0.39 is 29.5 Å². The van der Waals surface area contributed by atoms with Gasteiger partial charge in [0.15, 0.2) is 23.2 Å². The highest BCUT2D eigenvalue weighted by Crippen LogP contribution is 2.40. The van der Waals surface area contributed by atoms with E-state index in [0.29, 0.717) is 36.1 Å². The third kappa shape index (κ3) is 5.04. The lowest BCUT2D eigenvalue weighted by Gasteiger charge is -2.30. The number of ether oxygens (including phenoxy) is 2. The van der Waals surface area contributed by atoms with E-state index in [1.54, 1.807) is 25.1 Å². The van der Waals surface area contributed by atoms with Crippen molar-refractivity contribution >= 4 is 5.97 Å². The Labute approximate surface area is 207 Å². The maximum absolute atomic E-state index is 15.0. The molecule has 5 rings (SSSR count). The topological polar surface area (TPSA) is 59.1 Å². The van der Waals surface area contributed by atoms with Gasteiger partial charge in [0.25, 0.3) is 0 Å². The number of esters is 1. The Morgan fingerprint density at radius 3 is 2.28 bits per heavy atom. The summed E-state index contributed by atoms with van der Waals surface area (Å²) in [5.41, 5.74) is 1.70. The standard InChI is InChI=1S/C29H27F3O4/c1-16(33)17-2-4-18(5-3-17)22-11-12-23(28(32)27(22)31)19-6-8-20(9-7-19)29(34)36-25-13-10-21(14-24(25)30)26-15-35-26/h6-14,16-18,26,33H,2-5,15H2,1H3. The minimum atomic E-state index is -0.928. The van der Waals surface area contributed by atoms with Gasteiger partial charge in [-0.25, -0.2) is 18.0 Å². The highest BCUT2D eigenvalue weighted by molar-refractivity contribution is 5.91. The highest BCUT2D eigenvalue weighted by atomic mass is 19.2. The van der Waals surface area contributed by atoms with Crippen LogP contribution in [0.1, 0.15) is 66.1 Å². The van der Waals surface area contributed by atoms with Crippen molar-refractivity contribution < 1.29 is 32.5 Å². The lowest BCUT2D eigenvalue weighted by atomic mass is 9.76.